The molecular formula is C13H13ClN2O3. The summed E-state index contributed by atoms with van der Waals surface area (Å²) in [6.45, 7) is 1.90. The molecule has 0 amide bonds. The summed E-state index contributed by atoms with van der Waals surface area (Å²) in [5, 5.41) is 21.0. The molecule has 0 aliphatic heterocycles. The number of aliphatic hydroxyl groups is 1. The third-order valence-electron chi connectivity index (χ3n) is 2.91. The SMILES string of the molecule is CC(O)c1cccn1Cc1c(Cl)cccc1[N+](=O)[O-]. The van der Waals surface area contributed by atoms with Crippen molar-refractivity contribution in [2.45, 2.75) is 19.6 Å². The van der Waals surface area contributed by atoms with Gasteiger partial charge < -0.3 is 9.67 Å². The van der Waals surface area contributed by atoms with Crippen molar-refractivity contribution in [1.29, 1.82) is 0 Å². The average Bonchev–Trinajstić information content (AvgIpc) is 2.79. The molecule has 0 fully saturated rings. The Labute approximate surface area is 115 Å². The van der Waals surface area contributed by atoms with Crippen LogP contribution in [0.15, 0.2) is 36.5 Å². The highest BCUT2D eigenvalue weighted by Crippen LogP contribution is 2.28. The number of aliphatic hydroxyl groups excluding tert-OH is 1. The second kappa shape index (κ2) is 5.42. The third-order valence-corrected chi connectivity index (χ3v) is 3.27. The fraction of sp³-hybridized carbons (Fsp3) is 0.231. The van der Waals surface area contributed by atoms with Crippen LogP contribution in [0.2, 0.25) is 5.02 Å². The van der Waals surface area contributed by atoms with Gasteiger partial charge in [-0.1, -0.05) is 17.7 Å². The molecule has 1 N–H and O–H groups in total. The summed E-state index contributed by atoms with van der Waals surface area (Å²) in [5.74, 6) is 0. The van der Waals surface area contributed by atoms with Crippen LogP contribution in [0.4, 0.5) is 5.69 Å². The Morgan fingerprint density at radius 2 is 2.16 bits per heavy atom. The molecule has 2 rings (SSSR count). The molecule has 19 heavy (non-hydrogen) atoms. The molecule has 1 atom stereocenters. The Kier molecular flexibility index (Phi) is 3.87. The minimum atomic E-state index is -0.642. The summed E-state index contributed by atoms with van der Waals surface area (Å²) in [6, 6.07) is 8.15. The van der Waals surface area contributed by atoms with Crippen molar-refractivity contribution in [2.75, 3.05) is 0 Å². The molecule has 0 aliphatic carbocycles. The van der Waals surface area contributed by atoms with Crippen LogP contribution in [-0.2, 0) is 6.54 Å². The molecule has 1 heterocycles. The van der Waals surface area contributed by atoms with Crippen molar-refractivity contribution in [3.63, 3.8) is 0 Å². The molecule has 0 spiro atoms. The summed E-state index contributed by atoms with van der Waals surface area (Å²) >= 11 is 6.04. The van der Waals surface area contributed by atoms with Gasteiger partial charge in [-0.15, -0.1) is 0 Å². The fourth-order valence-electron chi connectivity index (χ4n) is 2.00. The van der Waals surface area contributed by atoms with Crippen molar-refractivity contribution in [2.24, 2.45) is 0 Å². The van der Waals surface area contributed by atoms with Crippen molar-refractivity contribution in [1.82, 2.24) is 4.57 Å². The number of hydrogen-bond donors (Lipinski definition) is 1. The normalized spacial score (nSPS) is 12.4. The van der Waals surface area contributed by atoms with Gasteiger partial charge in [0.05, 0.1) is 28.2 Å². The molecule has 0 bridgehead atoms. The minimum absolute atomic E-state index is 0.0160. The largest absolute Gasteiger partial charge is 0.387 e. The standard InChI is InChI=1S/C13H13ClN2O3/c1-9(17)12-6-3-7-15(12)8-10-11(14)4-2-5-13(10)16(18)19/h2-7,9,17H,8H2,1H3. The maximum atomic E-state index is 11.0. The monoisotopic (exact) mass is 280 g/mol. The molecular weight excluding hydrogens is 268 g/mol. The van der Waals surface area contributed by atoms with Crippen LogP contribution < -0.4 is 0 Å². The van der Waals surface area contributed by atoms with Crippen LogP contribution in [0.1, 0.15) is 24.3 Å². The summed E-state index contributed by atoms with van der Waals surface area (Å²) in [5.41, 5.74) is 1.11. The zero-order valence-corrected chi connectivity index (χ0v) is 11.0. The van der Waals surface area contributed by atoms with Crippen LogP contribution >= 0.6 is 11.6 Å². The van der Waals surface area contributed by atoms with Crippen LogP contribution in [0.3, 0.4) is 0 Å². The molecule has 1 aromatic heterocycles. The lowest BCUT2D eigenvalue weighted by atomic mass is 10.1. The fourth-order valence-corrected chi connectivity index (χ4v) is 2.23. The second-order valence-corrected chi connectivity index (χ2v) is 4.64. The van der Waals surface area contributed by atoms with E-state index in [1.54, 1.807) is 42.0 Å². The maximum Gasteiger partial charge on any atom is 0.275 e. The average molecular weight is 281 g/mol. The topological polar surface area (TPSA) is 68.3 Å². The molecule has 6 heteroatoms. The van der Waals surface area contributed by atoms with Gasteiger partial charge in [-0.05, 0) is 25.1 Å². The maximum absolute atomic E-state index is 11.0. The molecule has 0 radical (unpaired) electrons. The quantitative estimate of drug-likeness (QED) is 0.691. The van der Waals surface area contributed by atoms with Gasteiger partial charge >= 0.3 is 0 Å². The van der Waals surface area contributed by atoms with Crippen LogP contribution in [0.5, 0.6) is 0 Å². The molecule has 5 nitrogen and oxygen atoms in total. The van der Waals surface area contributed by atoms with Gasteiger partial charge in [0, 0.05) is 18.0 Å². The first-order chi connectivity index (χ1) is 9.00. The van der Waals surface area contributed by atoms with Gasteiger partial charge in [0.1, 0.15) is 0 Å². The molecule has 1 unspecified atom stereocenters. The lowest BCUT2D eigenvalue weighted by molar-refractivity contribution is -0.385. The number of nitro benzene ring substituents is 1. The zero-order chi connectivity index (χ0) is 14.0. The van der Waals surface area contributed by atoms with E-state index >= 15 is 0 Å². The highest BCUT2D eigenvalue weighted by molar-refractivity contribution is 6.31. The number of benzene rings is 1. The number of aromatic nitrogens is 1. The van der Waals surface area contributed by atoms with E-state index in [1.165, 1.54) is 6.07 Å². The van der Waals surface area contributed by atoms with E-state index in [1.807, 2.05) is 0 Å². The van der Waals surface area contributed by atoms with E-state index in [9.17, 15) is 15.2 Å². The first-order valence-corrected chi connectivity index (χ1v) is 6.13. The predicted molar refractivity (Wildman–Crippen MR) is 72.3 cm³/mol. The minimum Gasteiger partial charge on any atom is -0.387 e. The first-order valence-electron chi connectivity index (χ1n) is 5.75. The number of hydrogen-bond acceptors (Lipinski definition) is 3. The van der Waals surface area contributed by atoms with Crippen LogP contribution in [0.25, 0.3) is 0 Å². The Balaban J connectivity index is 2.43. The Morgan fingerprint density at radius 3 is 2.79 bits per heavy atom. The van der Waals surface area contributed by atoms with Gasteiger partial charge in [0.15, 0.2) is 0 Å². The molecule has 0 saturated heterocycles. The van der Waals surface area contributed by atoms with E-state index in [0.717, 1.165) is 0 Å². The number of halogens is 1. The van der Waals surface area contributed by atoms with Crippen molar-refractivity contribution >= 4 is 17.3 Å². The Morgan fingerprint density at radius 1 is 1.42 bits per heavy atom. The van der Waals surface area contributed by atoms with Gasteiger partial charge in [-0.2, -0.15) is 0 Å². The Bertz CT molecular complexity index is 608. The van der Waals surface area contributed by atoms with Gasteiger partial charge in [-0.3, -0.25) is 10.1 Å². The van der Waals surface area contributed by atoms with Crippen molar-refractivity contribution < 1.29 is 10.0 Å². The van der Waals surface area contributed by atoms with Gasteiger partial charge in [0.2, 0.25) is 0 Å². The van der Waals surface area contributed by atoms with E-state index in [0.29, 0.717) is 16.3 Å². The Hall–Kier alpha value is -1.85. The lowest BCUT2D eigenvalue weighted by Gasteiger charge is -2.12. The number of rotatable bonds is 4. The molecule has 2 aromatic rings. The lowest BCUT2D eigenvalue weighted by Crippen LogP contribution is -2.08. The van der Waals surface area contributed by atoms with E-state index in [-0.39, 0.29) is 12.2 Å². The molecule has 1 aromatic carbocycles. The van der Waals surface area contributed by atoms with Crippen LogP contribution in [0, 0.1) is 10.1 Å². The van der Waals surface area contributed by atoms with Gasteiger partial charge in [0.25, 0.3) is 5.69 Å². The van der Waals surface area contributed by atoms with Crippen molar-refractivity contribution in [3.05, 3.63) is 62.9 Å². The van der Waals surface area contributed by atoms with Gasteiger partial charge in [-0.25, -0.2) is 0 Å². The predicted octanol–water partition coefficient (Wildman–Crippen LogP) is 3.15. The molecule has 0 aliphatic rings. The summed E-state index contributed by atoms with van der Waals surface area (Å²) in [7, 11) is 0. The third kappa shape index (κ3) is 2.77. The van der Waals surface area contributed by atoms with E-state index in [2.05, 4.69) is 0 Å². The zero-order valence-electron chi connectivity index (χ0n) is 10.3. The van der Waals surface area contributed by atoms with E-state index < -0.39 is 11.0 Å². The highest BCUT2D eigenvalue weighted by Gasteiger charge is 2.18. The highest BCUT2D eigenvalue weighted by atomic mass is 35.5. The number of nitro groups is 1. The molecule has 100 valence electrons. The first kappa shape index (κ1) is 13.6. The van der Waals surface area contributed by atoms with Crippen LogP contribution in [-0.4, -0.2) is 14.6 Å². The summed E-state index contributed by atoms with van der Waals surface area (Å²) < 4.78 is 1.75. The summed E-state index contributed by atoms with van der Waals surface area (Å²) in [6.07, 6.45) is 1.12. The van der Waals surface area contributed by atoms with Crippen molar-refractivity contribution in [3.8, 4) is 0 Å². The smallest absolute Gasteiger partial charge is 0.275 e. The summed E-state index contributed by atoms with van der Waals surface area (Å²) in [4.78, 5) is 10.6. The van der Waals surface area contributed by atoms with E-state index in [4.69, 9.17) is 11.6 Å². The number of nitrogens with zero attached hydrogens (tertiary/aromatic N) is 2. The molecule has 0 saturated carbocycles. The second-order valence-electron chi connectivity index (χ2n) is 4.23.